The van der Waals surface area contributed by atoms with Crippen molar-refractivity contribution < 1.29 is 9.53 Å². The third-order valence-electron chi connectivity index (χ3n) is 3.52. The smallest absolute Gasteiger partial charge is 0.323 e. The zero-order valence-electron chi connectivity index (χ0n) is 10.9. The van der Waals surface area contributed by atoms with Crippen LogP contribution in [0.5, 0.6) is 0 Å². The molecule has 0 saturated carbocycles. The van der Waals surface area contributed by atoms with Gasteiger partial charge in [-0.3, -0.25) is 9.69 Å². The topological polar surface area (TPSA) is 29.5 Å². The van der Waals surface area contributed by atoms with Crippen LogP contribution in [0.4, 0.5) is 0 Å². The van der Waals surface area contributed by atoms with Gasteiger partial charge >= 0.3 is 5.97 Å². The molecule has 0 aromatic heterocycles. The number of hydrogen-bond acceptors (Lipinski definition) is 3. The van der Waals surface area contributed by atoms with Gasteiger partial charge in [0.05, 0.1) is 6.61 Å². The van der Waals surface area contributed by atoms with Crippen LogP contribution in [0, 0.1) is 5.92 Å². The molecule has 16 heavy (non-hydrogen) atoms. The molecule has 1 aliphatic heterocycles. The minimum atomic E-state index is -0.0727. The number of carbonyl (C=O) groups is 1. The van der Waals surface area contributed by atoms with Gasteiger partial charge in [0.2, 0.25) is 0 Å². The average Bonchev–Trinajstić information content (AvgIpc) is 2.30. The Balaban J connectivity index is 2.32. The van der Waals surface area contributed by atoms with E-state index in [1.54, 1.807) is 0 Å². The zero-order valence-corrected chi connectivity index (χ0v) is 10.9. The molecule has 0 N–H and O–H groups in total. The highest BCUT2D eigenvalue weighted by Crippen LogP contribution is 2.23. The van der Waals surface area contributed by atoms with Crippen LogP contribution in [0.2, 0.25) is 0 Å². The number of hydrogen-bond donors (Lipinski definition) is 0. The van der Waals surface area contributed by atoms with Crippen LogP contribution in [0.25, 0.3) is 0 Å². The summed E-state index contributed by atoms with van der Waals surface area (Å²) in [6, 6.07) is -0.0671. The van der Waals surface area contributed by atoms with Gasteiger partial charge in [-0.05, 0) is 45.7 Å². The van der Waals surface area contributed by atoms with Gasteiger partial charge in [0.15, 0.2) is 0 Å². The summed E-state index contributed by atoms with van der Waals surface area (Å²) in [7, 11) is 0. The number of rotatable bonds is 5. The Labute approximate surface area is 99.1 Å². The molecular weight excluding hydrogens is 202 g/mol. The van der Waals surface area contributed by atoms with Crippen molar-refractivity contribution in [2.75, 3.05) is 19.7 Å². The van der Waals surface area contributed by atoms with E-state index < -0.39 is 0 Å². The number of ether oxygens (including phenoxy) is 1. The largest absolute Gasteiger partial charge is 0.465 e. The van der Waals surface area contributed by atoms with Crippen LogP contribution >= 0.6 is 0 Å². The molecule has 0 spiro atoms. The van der Waals surface area contributed by atoms with E-state index in [4.69, 9.17) is 4.74 Å². The Morgan fingerprint density at radius 2 is 2.00 bits per heavy atom. The van der Waals surface area contributed by atoms with Crippen molar-refractivity contribution in [3.63, 3.8) is 0 Å². The van der Waals surface area contributed by atoms with Crippen molar-refractivity contribution in [2.24, 2.45) is 5.92 Å². The summed E-state index contributed by atoms with van der Waals surface area (Å²) >= 11 is 0. The maximum absolute atomic E-state index is 11.6. The van der Waals surface area contributed by atoms with Gasteiger partial charge in [-0.2, -0.15) is 0 Å². The first-order valence-electron chi connectivity index (χ1n) is 6.59. The van der Waals surface area contributed by atoms with Gasteiger partial charge in [-0.25, -0.2) is 0 Å². The molecule has 0 amide bonds. The molecule has 3 heteroatoms. The Morgan fingerprint density at radius 3 is 2.50 bits per heavy atom. The first-order valence-corrected chi connectivity index (χ1v) is 6.59. The summed E-state index contributed by atoms with van der Waals surface area (Å²) in [6.07, 6.45) is 5.08. The Kier molecular flexibility index (Phi) is 5.81. The van der Waals surface area contributed by atoms with Gasteiger partial charge in [0.25, 0.3) is 0 Å². The van der Waals surface area contributed by atoms with E-state index in [1.165, 1.54) is 25.7 Å². The second-order valence-electron chi connectivity index (χ2n) is 4.70. The van der Waals surface area contributed by atoms with Gasteiger partial charge in [-0.15, -0.1) is 0 Å². The van der Waals surface area contributed by atoms with E-state index in [1.807, 2.05) is 13.8 Å². The molecule has 1 rings (SSSR count). The molecule has 1 aliphatic rings. The van der Waals surface area contributed by atoms with E-state index >= 15 is 0 Å². The Morgan fingerprint density at radius 1 is 1.38 bits per heavy atom. The lowest BCUT2D eigenvalue weighted by Crippen LogP contribution is -2.44. The van der Waals surface area contributed by atoms with E-state index in [0.717, 1.165) is 19.0 Å². The van der Waals surface area contributed by atoms with E-state index in [2.05, 4.69) is 11.8 Å². The van der Waals surface area contributed by atoms with Crippen LogP contribution in [0.1, 0.15) is 46.5 Å². The minimum Gasteiger partial charge on any atom is -0.465 e. The summed E-state index contributed by atoms with van der Waals surface area (Å²) in [5.74, 6) is 0.798. The predicted molar refractivity (Wildman–Crippen MR) is 65.3 cm³/mol. The highest BCUT2D eigenvalue weighted by atomic mass is 16.5. The normalized spacial score (nSPS) is 20.7. The quantitative estimate of drug-likeness (QED) is 0.676. The number of nitrogens with zero attached hydrogens (tertiary/aromatic N) is 1. The van der Waals surface area contributed by atoms with Gasteiger partial charge in [0, 0.05) is 0 Å². The third kappa shape index (κ3) is 3.78. The maximum atomic E-state index is 11.6. The first-order chi connectivity index (χ1) is 7.69. The SMILES string of the molecule is CCCC1CCN(C(C)C(=O)OCC)CC1. The van der Waals surface area contributed by atoms with Gasteiger partial charge < -0.3 is 4.74 Å². The van der Waals surface area contributed by atoms with Crippen molar-refractivity contribution >= 4 is 5.97 Å². The van der Waals surface area contributed by atoms with Crippen molar-refractivity contribution in [3.8, 4) is 0 Å². The zero-order chi connectivity index (χ0) is 12.0. The maximum Gasteiger partial charge on any atom is 0.323 e. The fraction of sp³-hybridized carbons (Fsp3) is 0.923. The average molecular weight is 227 g/mol. The lowest BCUT2D eigenvalue weighted by molar-refractivity contribution is -0.149. The lowest BCUT2D eigenvalue weighted by atomic mass is 9.92. The molecule has 0 aliphatic carbocycles. The van der Waals surface area contributed by atoms with Crippen molar-refractivity contribution in [3.05, 3.63) is 0 Å². The molecular formula is C13H25NO2. The predicted octanol–water partition coefficient (Wildman–Crippen LogP) is 2.45. The summed E-state index contributed by atoms with van der Waals surface area (Å²) in [5.41, 5.74) is 0. The van der Waals surface area contributed by atoms with Crippen LogP contribution in [-0.4, -0.2) is 36.6 Å². The molecule has 0 bridgehead atoms. The number of piperidine rings is 1. The molecule has 1 unspecified atom stereocenters. The van der Waals surface area contributed by atoms with Crippen LogP contribution in [0.15, 0.2) is 0 Å². The van der Waals surface area contributed by atoms with E-state index in [0.29, 0.717) is 6.61 Å². The molecule has 1 fully saturated rings. The van der Waals surface area contributed by atoms with Gasteiger partial charge in [0.1, 0.15) is 6.04 Å². The molecule has 0 aromatic rings. The lowest BCUT2D eigenvalue weighted by Gasteiger charge is -2.34. The summed E-state index contributed by atoms with van der Waals surface area (Å²) < 4.78 is 5.05. The molecule has 1 heterocycles. The van der Waals surface area contributed by atoms with E-state index in [-0.39, 0.29) is 12.0 Å². The summed E-state index contributed by atoms with van der Waals surface area (Å²) in [4.78, 5) is 13.8. The molecule has 1 atom stereocenters. The number of likely N-dealkylation sites (tertiary alicyclic amines) is 1. The Hall–Kier alpha value is -0.570. The van der Waals surface area contributed by atoms with Crippen LogP contribution in [0.3, 0.4) is 0 Å². The van der Waals surface area contributed by atoms with Crippen LogP contribution in [-0.2, 0) is 9.53 Å². The second kappa shape index (κ2) is 6.89. The molecule has 1 saturated heterocycles. The fourth-order valence-corrected chi connectivity index (χ4v) is 2.45. The number of esters is 1. The standard InChI is InChI=1S/C13H25NO2/c1-4-6-12-7-9-14(10-8-12)11(3)13(15)16-5-2/h11-12H,4-10H2,1-3H3. The molecule has 94 valence electrons. The number of carbonyl (C=O) groups excluding carboxylic acids is 1. The third-order valence-corrected chi connectivity index (χ3v) is 3.52. The molecule has 0 aromatic carbocycles. The summed E-state index contributed by atoms with van der Waals surface area (Å²) in [6.45, 7) is 8.63. The van der Waals surface area contributed by atoms with Crippen molar-refractivity contribution in [1.29, 1.82) is 0 Å². The molecule has 0 radical (unpaired) electrons. The molecule has 3 nitrogen and oxygen atoms in total. The first kappa shape index (κ1) is 13.5. The fourth-order valence-electron chi connectivity index (χ4n) is 2.45. The Bertz CT molecular complexity index is 210. The highest BCUT2D eigenvalue weighted by molar-refractivity contribution is 5.75. The van der Waals surface area contributed by atoms with E-state index in [9.17, 15) is 4.79 Å². The summed E-state index contributed by atoms with van der Waals surface area (Å²) in [5, 5.41) is 0. The monoisotopic (exact) mass is 227 g/mol. The highest BCUT2D eigenvalue weighted by Gasteiger charge is 2.26. The van der Waals surface area contributed by atoms with Crippen molar-refractivity contribution in [1.82, 2.24) is 4.90 Å². The second-order valence-corrected chi connectivity index (χ2v) is 4.70. The van der Waals surface area contributed by atoms with Crippen molar-refractivity contribution in [2.45, 2.75) is 52.5 Å². The van der Waals surface area contributed by atoms with Gasteiger partial charge in [-0.1, -0.05) is 19.8 Å². The van der Waals surface area contributed by atoms with Crippen LogP contribution < -0.4 is 0 Å². The minimum absolute atomic E-state index is 0.0671.